The first-order valence-corrected chi connectivity index (χ1v) is 5.79. The van der Waals surface area contributed by atoms with Gasteiger partial charge < -0.3 is 9.67 Å². The zero-order valence-electron chi connectivity index (χ0n) is 10.4. The molecule has 0 fully saturated rings. The van der Waals surface area contributed by atoms with Gasteiger partial charge in [0.25, 0.3) is 0 Å². The Morgan fingerprint density at radius 1 is 1.41 bits per heavy atom. The van der Waals surface area contributed by atoms with Gasteiger partial charge in [-0.25, -0.2) is 0 Å². The molecule has 2 rings (SSSR count). The highest BCUT2D eigenvalue weighted by Crippen LogP contribution is 2.27. The molecule has 2 aromatic rings. The molecular weight excluding hydrogens is 214 g/mol. The van der Waals surface area contributed by atoms with Crippen molar-refractivity contribution >= 4 is 16.9 Å². The van der Waals surface area contributed by atoms with Crippen LogP contribution in [0.25, 0.3) is 10.9 Å². The predicted octanol–water partition coefficient (Wildman–Crippen LogP) is 2.93. The second-order valence-electron chi connectivity index (χ2n) is 4.70. The summed E-state index contributed by atoms with van der Waals surface area (Å²) in [5, 5.41) is 9.96. The molecule has 1 aromatic heterocycles. The van der Waals surface area contributed by atoms with Crippen molar-refractivity contribution in [1.82, 2.24) is 4.57 Å². The number of nitrogens with zero attached hydrogens (tertiary/aromatic N) is 1. The Morgan fingerprint density at radius 3 is 2.71 bits per heavy atom. The second kappa shape index (κ2) is 4.24. The normalized spacial score (nSPS) is 11.3. The Morgan fingerprint density at radius 2 is 2.12 bits per heavy atom. The minimum atomic E-state index is -0.785. The first-order chi connectivity index (χ1) is 8.00. The van der Waals surface area contributed by atoms with E-state index in [1.807, 2.05) is 25.2 Å². The number of hydrogen-bond acceptors (Lipinski definition) is 1. The molecule has 1 N–H and O–H groups in total. The van der Waals surface area contributed by atoms with Crippen molar-refractivity contribution in [2.75, 3.05) is 0 Å². The lowest BCUT2D eigenvalue weighted by Gasteiger charge is -2.06. The van der Waals surface area contributed by atoms with Crippen molar-refractivity contribution in [3.05, 3.63) is 35.5 Å². The molecule has 0 aliphatic rings. The van der Waals surface area contributed by atoms with Gasteiger partial charge in [0.05, 0.1) is 6.42 Å². The molecule has 1 heterocycles. The Balaban J connectivity index is 2.64. The minimum Gasteiger partial charge on any atom is -0.481 e. The fourth-order valence-corrected chi connectivity index (χ4v) is 2.31. The number of aromatic nitrogens is 1. The number of aliphatic carboxylic acids is 1. The van der Waals surface area contributed by atoms with E-state index in [1.165, 1.54) is 5.69 Å². The molecule has 0 spiro atoms. The van der Waals surface area contributed by atoms with Gasteiger partial charge in [-0.2, -0.15) is 0 Å². The summed E-state index contributed by atoms with van der Waals surface area (Å²) < 4.78 is 2.14. The Bertz CT molecular complexity index is 567. The summed E-state index contributed by atoms with van der Waals surface area (Å²) in [5.74, 6) is -0.350. The van der Waals surface area contributed by atoms with E-state index in [-0.39, 0.29) is 6.42 Å². The molecule has 3 heteroatoms. The molecule has 0 unspecified atom stereocenters. The van der Waals surface area contributed by atoms with Crippen LogP contribution in [0.3, 0.4) is 0 Å². The van der Waals surface area contributed by atoms with Crippen molar-refractivity contribution in [2.24, 2.45) is 7.05 Å². The maximum Gasteiger partial charge on any atom is 0.307 e. The van der Waals surface area contributed by atoms with Crippen molar-refractivity contribution in [2.45, 2.75) is 26.2 Å². The van der Waals surface area contributed by atoms with Gasteiger partial charge in [0.2, 0.25) is 0 Å². The predicted molar refractivity (Wildman–Crippen MR) is 68.3 cm³/mol. The van der Waals surface area contributed by atoms with Crippen LogP contribution >= 0.6 is 0 Å². The molecule has 0 amide bonds. The number of benzene rings is 1. The quantitative estimate of drug-likeness (QED) is 0.882. The first kappa shape index (κ1) is 11.7. The third kappa shape index (κ3) is 2.05. The van der Waals surface area contributed by atoms with Crippen LogP contribution in [-0.4, -0.2) is 15.6 Å². The fourth-order valence-electron chi connectivity index (χ4n) is 2.31. The summed E-state index contributed by atoms with van der Waals surface area (Å²) in [6.07, 6.45) is 0.0822. The number of carbonyl (C=O) groups is 1. The van der Waals surface area contributed by atoms with Crippen LogP contribution < -0.4 is 0 Å². The van der Waals surface area contributed by atoms with Gasteiger partial charge in [0.15, 0.2) is 0 Å². The maximum atomic E-state index is 10.8. The number of rotatable bonds is 3. The topological polar surface area (TPSA) is 42.2 Å². The van der Waals surface area contributed by atoms with Gasteiger partial charge in [-0.05, 0) is 23.6 Å². The minimum absolute atomic E-state index is 0.0822. The third-order valence-electron chi connectivity index (χ3n) is 3.15. The maximum absolute atomic E-state index is 10.8. The SMILES string of the molecule is CC(C)c1cc2c(CC(=O)O)cccc2n1C. The average molecular weight is 231 g/mol. The smallest absolute Gasteiger partial charge is 0.307 e. The molecule has 0 saturated carbocycles. The molecule has 3 nitrogen and oxygen atoms in total. The largest absolute Gasteiger partial charge is 0.481 e. The lowest BCUT2D eigenvalue weighted by molar-refractivity contribution is -0.136. The molecule has 90 valence electrons. The van der Waals surface area contributed by atoms with Gasteiger partial charge >= 0.3 is 5.97 Å². The van der Waals surface area contributed by atoms with Crippen LogP contribution in [0.5, 0.6) is 0 Å². The number of aryl methyl sites for hydroxylation is 1. The molecule has 1 aromatic carbocycles. The summed E-state index contributed by atoms with van der Waals surface area (Å²) >= 11 is 0. The molecule has 0 saturated heterocycles. The fraction of sp³-hybridized carbons (Fsp3) is 0.357. The van der Waals surface area contributed by atoms with Crippen LogP contribution in [0.15, 0.2) is 24.3 Å². The zero-order valence-corrected chi connectivity index (χ0v) is 10.4. The third-order valence-corrected chi connectivity index (χ3v) is 3.15. The lowest BCUT2D eigenvalue weighted by Crippen LogP contribution is -2.00. The second-order valence-corrected chi connectivity index (χ2v) is 4.70. The number of carboxylic acid groups (broad SMARTS) is 1. The van der Waals surface area contributed by atoms with Crippen molar-refractivity contribution in [3.8, 4) is 0 Å². The molecule has 0 aliphatic heterocycles. The standard InChI is InChI=1S/C14H17NO2/c1-9(2)13-8-11-10(7-14(16)17)5-4-6-12(11)15(13)3/h4-6,8-9H,7H2,1-3H3,(H,16,17). The average Bonchev–Trinajstić information content (AvgIpc) is 2.57. The molecule has 0 bridgehead atoms. The number of fused-ring (bicyclic) bond motifs is 1. The highest BCUT2D eigenvalue weighted by Gasteiger charge is 2.12. The lowest BCUT2D eigenvalue weighted by atomic mass is 10.1. The summed E-state index contributed by atoms with van der Waals surface area (Å²) in [7, 11) is 2.03. The number of hydrogen-bond donors (Lipinski definition) is 1. The van der Waals surface area contributed by atoms with Gasteiger partial charge in [0.1, 0.15) is 0 Å². The summed E-state index contributed by atoms with van der Waals surface area (Å²) in [4.78, 5) is 10.8. The Kier molecular flexibility index (Phi) is 2.92. The van der Waals surface area contributed by atoms with E-state index in [0.717, 1.165) is 16.5 Å². The highest BCUT2D eigenvalue weighted by atomic mass is 16.4. The van der Waals surface area contributed by atoms with Crippen LogP contribution in [0.4, 0.5) is 0 Å². The molecular formula is C14H17NO2. The van der Waals surface area contributed by atoms with Crippen molar-refractivity contribution < 1.29 is 9.90 Å². The van der Waals surface area contributed by atoms with E-state index in [2.05, 4.69) is 24.5 Å². The van der Waals surface area contributed by atoms with Crippen LogP contribution in [0.2, 0.25) is 0 Å². The van der Waals surface area contributed by atoms with E-state index in [0.29, 0.717) is 5.92 Å². The van der Waals surface area contributed by atoms with Gasteiger partial charge in [0, 0.05) is 23.6 Å². The molecule has 17 heavy (non-hydrogen) atoms. The van der Waals surface area contributed by atoms with Gasteiger partial charge in [-0.15, -0.1) is 0 Å². The van der Waals surface area contributed by atoms with Gasteiger partial charge in [-0.1, -0.05) is 26.0 Å². The van der Waals surface area contributed by atoms with Gasteiger partial charge in [-0.3, -0.25) is 4.79 Å². The molecule has 0 radical (unpaired) electrons. The van der Waals surface area contributed by atoms with E-state index < -0.39 is 5.97 Å². The van der Waals surface area contributed by atoms with E-state index in [4.69, 9.17) is 5.11 Å². The van der Waals surface area contributed by atoms with Crippen LogP contribution in [-0.2, 0) is 18.3 Å². The van der Waals surface area contributed by atoms with E-state index >= 15 is 0 Å². The zero-order chi connectivity index (χ0) is 12.6. The summed E-state index contributed by atoms with van der Waals surface area (Å²) in [6, 6.07) is 7.95. The first-order valence-electron chi connectivity index (χ1n) is 5.79. The molecule has 0 atom stereocenters. The monoisotopic (exact) mass is 231 g/mol. The Hall–Kier alpha value is -1.77. The number of carboxylic acids is 1. The van der Waals surface area contributed by atoms with Crippen molar-refractivity contribution in [1.29, 1.82) is 0 Å². The van der Waals surface area contributed by atoms with Crippen LogP contribution in [0.1, 0.15) is 31.0 Å². The molecule has 0 aliphatic carbocycles. The highest BCUT2D eigenvalue weighted by molar-refractivity contribution is 5.88. The summed E-state index contributed by atoms with van der Waals surface area (Å²) in [5.41, 5.74) is 3.22. The van der Waals surface area contributed by atoms with E-state index in [9.17, 15) is 4.79 Å². The van der Waals surface area contributed by atoms with E-state index in [1.54, 1.807) is 0 Å². The Labute approximate surface area is 101 Å². The van der Waals surface area contributed by atoms with Crippen molar-refractivity contribution in [3.63, 3.8) is 0 Å². The van der Waals surface area contributed by atoms with Crippen LogP contribution in [0, 0.1) is 0 Å². The summed E-state index contributed by atoms with van der Waals surface area (Å²) in [6.45, 7) is 4.29.